The van der Waals surface area contributed by atoms with Gasteiger partial charge in [-0.15, -0.1) is 0 Å². The van der Waals surface area contributed by atoms with Crippen LogP contribution in [0.15, 0.2) is 0 Å². The predicted molar refractivity (Wildman–Crippen MR) is 90.3 cm³/mol. The molecular weight excluding hydrogens is 253 g/mol. The molecule has 0 N–H and O–H groups in total. The Hall–Kier alpha value is 0.310. The maximum absolute atomic E-state index is 2.60. The highest BCUT2D eigenvalue weighted by Gasteiger charge is 2.17. The monoisotopic (exact) mass is 289 g/mol. The van der Waals surface area contributed by atoms with E-state index in [2.05, 4.69) is 56.2 Å². The van der Waals surface area contributed by atoms with Gasteiger partial charge in [0.05, 0.1) is 0 Å². The van der Waals surface area contributed by atoms with Crippen molar-refractivity contribution in [3.05, 3.63) is 0 Å². The Balaban J connectivity index is 4.51. The van der Waals surface area contributed by atoms with Crippen molar-refractivity contribution in [1.82, 2.24) is 14.7 Å². The van der Waals surface area contributed by atoms with E-state index in [1.807, 2.05) is 0 Å². The van der Waals surface area contributed by atoms with E-state index in [1.165, 1.54) is 58.1 Å². The van der Waals surface area contributed by atoms with Crippen molar-refractivity contribution < 1.29 is 0 Å². The summed E-state index contributed by atoms with van der Waals surface area (Å²) < 4.78 is 0. The first-order valence-corrected chi connectivity index (χ1v) is 9.93. The lowest BCUT2D eigenvalue weighted by atomic mass is 10.6. The molecule has 0 aromatic carbocycles. The summed E-state index contributed by atoms with van der Waals surface area (Å²) >= 11 is 0. The molecule has 0 saturated carbocycles. The fraction of sp³-hybridized carbons (Fsp3) is 1.00. The standard InChI is InChI=1S/C15H36N3P/c1-7-16(8-2)13-19(14-17(9-3)10-4)15-18(11-5)12-6/h7-15H2,1-6H3. The minimum atomic E-state index is 0.0640. The predicted octanol–water partition coefficient (Wildman–Crippen LogP) is 3.37. The van der Waals surface area contributed by atoms with Gasteiger partial charge in [-0.2, -0.15) is 0 Å². The number of nitrogens with zero attached hydrogens (tertiary/aromatic N) is 3. The highest BCUT2D eigenvalue weighted by molar-refractivity contribution is 7.57. The third kappa shape index (κ3) is 8.24. The average molecular weight is 289 g/mol. The van der Waals surface area contributed by atoms with E-state index in [0.717, 1.165) is 0 Å². The highest BCUT2D eigenvalue weighted by atomic mass is 31.1. The van der Waals surface area contributed by atoms with Gasteiger partial charge in [-0.25, -0.2) is 0 Å². The lowest BCUT2D eigenvalue weighted by Crippen LogP contribution is -2.33. The first-order chi connectivity index (χ1) is 9.14. The Morgan fingerprint density at radius 1 is 0.474 bits per heavy atom. The summed E-state index contributed by atoms with van der Waals surface area (Å²) in [6.07, 6.45) is 3.90. The molecule has 0 amide bonds. The quantitative estimate of drug-likeness (QED) is 0.510. The molecule has 0 heterocycles. The smallest absolute Gasteiger partial charge is 0.0207 e. The van der Waals surface area contributed by atoms with E-state index >= 15 is 0 Å². The maximum atomic E-state index is 2.60. The molecule has 0 aromatic rings. The van der Waals surface area contributed by atoms with Crippen LogP contribution in [0, 0.1) is 0 Å². The molecule has 0 saturated heterocycles. The van der Waals surface area contributed by atoms with E-state index < -0.39 is 0 Å². The van der Waals surface area contributed by atoms with Crippen LogP contribution in [0.4, 0.5) is 0 Å². The second-order valence-corrected chi connectivity index (χ2v) is 7.20. The molecule has 4 heteroatoms. The van der Waals surface area contributed by atoms with Gasteiger partial charge in [-0.1, -0.05) is 49.5 Å². The van der Waals surface area contributed by atoms with Gasteiger partial charge in [0.15, 0.2) is 0 Å². The molecule has 0 rings (SSSR count). The number of rotatable bonds is 12. The fourth-order valence-electron chi connectivity index (χ4n) is 2.25. The largest absolute Gasteiger partial charge is 0.300 e. The Labute approximate surface area is 123 Å². The first kappa shape index (κ1) is 19.3. The second-order valence-electron chi connectivity index (χ2n) is 5.00. The topological polar surface area (TPSA) is 9.72 Å². The van der Waals surface area contributed by atoms with Crippen molar-refractivity contribution in [2.45, 2.75) is 41.5 Å². The molecule has 0 atom stereocenters. The fourth-order valence-corrected chi connectivity index (χ4v) is 5.42. The molecule has 0 aliphatic carbocycles. The van der Waals surface area contributed by atoms with Crippen molar-refractivity contribution in [3.63, 3.8) is 0 Å². The molecule has 3 nitrogen and oxygen atoms in total. The summed E-state index contributed by atoms with van der Waals surface area (Å²) in [6.45, 7) is 20.8. The Morgan fingerprint density at radius 3 is 0.842 bits per heavy atom. The van der Waals surface area contributed by atoms with E-state index in [9.17, 15) is 0 Å². The van der Waals surface area contributed by atoms with Crippen molar-refractivity contribution in [2.24, 2.45) is 0 Å². The summed E-state index contributed by atoms with van der Waals surface area (Å²) in [4.78, 5) is 7.79. The zero-order chi connectivity index (χ0) is 14.7. The second kappa shape index (κ2) is 12.1. The zero-order valence-corrected chi connectivity index (χ0v) is 15.0. The number of hydrogen-bond donors (Lipinski definition) is 0. The summed E-state index contributed by atoms with van der Waals surface area (Å²) in [5, 5.41) is 0. The first-order valence-electron chi connectivity index (χ1n) is 8.04. The van der Waals surface area contributed by atoms with E-state index in [0.29, 0.717) is 0 Å². The minimum absolute atomic E-state index is 0.0640. The van der Waals surface area contributed by atoms with E-state index in [1.54, 1.807) is 0 Å². The Bertz CT molecular complexity index is 157. The SMILES string of the molecule is CCN(CC)CP(CN(CC)CC)CN(CC)CC. The van der Waals surface area contributed by atoms with Crippen LogP contribution in [0.1, 0.15) is 41.5 Å². The molecule has 19 heavy (non-hydrogen) atoms. The van der Waals surface area contributed by atoms with Gasteiger partial charge < -0.3 is 0 Å². The van der Waals surface area contributed by atoms with Crippen molar-refractivity contribution >= 4 is 7.92 Å². The van der Waals surface area contributed by atoms with Gasteiger partial charge in [0.25, 0.3) is 0 Å². The molecule has 0 bridgehead atoms. The number of hydrogen-bond acceptors (Lipinski definition) is 3. The van der Waals surface area contributed by atoms with Crippen LogP contribution >= 0.6 is 7.92 Å². The average Bonchev–Trinajstić information content (AvgIpc) is 2.46. The van der Waals surface area contributed by atoms with Gasteiger partial charge in [0.2, 0.25) is 0 Å². The highest BCUT2D eigenvalue weighted by Crippen LogP contribution is 2.37. The lowest BCUT2D eigenvalue weighted by Gasteiger charge is -2.33. The Morgan fingerprint density at radius 2 is 0.684 bits per heavy atom. The van der Waals surface area contributed by atoms with Crippen molar-refractivity contribution in [3.8, 4) is 0 Å². The van der Waals surface area contributed by atoms with Gasteiger partial charge in [0, 0.05) is 18.9 Å². The van der Waals surface area contributed by atoms with E-state index in [-0.39, 0.29) is 7.92 Å². The molecule has 0 aliphatic rings. The van der Waals surface area contributed by atoms with Crippen LogP contribution in [0.2, 0.25) is 0 Å². The third-order valence-corrected chi connectivity index (χ3v) is 6.28. The third-order valence-electron chi connectivity index (χ3n) is 3.88. The molecule has 0 aromatic heterocycles. The molecule has 0 spiro atoms. The summed E-state index contributed by atoms with van der Waals surface area (Å²) in [5.41, 5.74) is 0. The molecule has 0 aliphatic heterocycles. The van der Waals surface area contributed by atoms with Gasteiger partial charge in [-0.05, 0) is 39.3 Å². The van der Waals surface area contributed by atoms with Gasteiger partial charge >= 0.3 is 0 Å². The molecule has 0 fully saturated rings. The van der Waals surface area contributed by atoms with Crippen LogP contribution in [0.25, 0.3) is 0 Å². The van der Waals surface area contributed by atoms with Crippen LogP contribution in [0.3, 0.4) is 0 Å². The summed E-state index contributed by atoms with van der Waals surface area (Å²) in [7, 11) is 0.0640. The van der Waals surface area contributed by atoms with Crippen LogP contribution in [-0.2, 0) is 0 Å². The summed E-state index contributed by atoms with van der Waals surface area (Å²) in [5.74, 6) is 0. The minimum Gasteiger partial charge on any atom is -0.300 e. The summed E-state index contributed by atoms with van der Waals surface area (Å²) in [6, 6.07) is 0. The zero-order valence-electron chi connectivity index (χ0n) is 14.2. The van der Waals surface area contributed by atoms with Crippen molar-refractivity contribution in [1.29, 1.82) is 0 Å². The Kier molecular flexibility index (Phi) is 12.3. The van der Waals surface area contributed by atoms with Crippen molar-refractivity contribution in [2.75, 3.05) is 58.1 Å². The van der Waals surface area contributed by atoms with Gasteiger partial charge in [-0.3, -0.25) is 14.7 Å². The molecular formula is C15H36N3P. The molecule has 116 valence electrons. The maximum Gasteiger partial charge on any atom is 0.0207 e. The van der Waals surface area contributed by atoms with Crippen LogP contribution < -0.4 is 0 Å². The lowest BCUT2D eigenvalue weighted by molar-refractivity contribution is 0.321. The van der Waals surface area contributed by atoms with E-state index in [4.69, 9.17) is 0 Å². The van der Waals surface area contributed by atoms with Crippen LogP contribution in [0.5, 0.6) is 0 Å². The van der Waals surface area contributed by atoms with Crippen LogP contribution in [-0.4, -0.2) is 72.8 Å². The molecule has 0 radical (unpaired) electrons. The van der Waals surface area contributed by atoms with Gasteiger partial charge in [0.1, 0.15) is 0 Å². The molecule has 0 unspecified atom stereocenters. The normalized spacial score (nSPS) is 12.3.